The summed E-state index contributed by atoms with van der Waals surface area (Å²) in [6, 6.07) is 9.50. The van der Waals surface area contributed by atoms with Crippen LogP contribution in [0, 0.1) is 0 Å². The first-order chi connectivity index (χ1) is 12.3. The Labute approximate surface area is 147 Å². The number of rotatable bonds is 6. The lowest BCUT2D eigenvalue weighted by molar-refractivity contribution is 0.102. The molecule has 0 fully saturated rings. The number of fused-ring (bicyclic) bond motifs is 1. The number of carbonyl (C=O) groups is 1. The lowest BCUT2D eigenvalue weighted by Gasteiger charge is -2.00. The third kappa shape index (κ3) is 2.98. The van der Waals surface area contributed by atoms with E-state index in [-0.39, 0.29) is 11.5 Å². The number of H-pyrrole nitrogens is 1. The van der Waals surface area contributed by atoms with Crippen LogP contribution in [0.15, 0.2) is 56.8 Å². The summed E-state index contributed by atoms with van der Waals surface area (Å²) >= 11 is 1.22. The SMILES string of the molecule is CCc1cccc2c(C(=O)CSc3nnc(-c4ccco4)o3)c[nH]c12. The second-order valence-electron chi connectivity index (χ2n) is 5.46. The van der Waals surface area contributed by atoms with Crippen LogP contribution < -0.4 is 0 Å². The van der Waals surface area contributed by atoms with Gasteiger partial charge in [-0.05, 0) is 24.1 Å². The highest BCUT2D eigenvalue weighted by atomic mass is 32.2. The van der Waals surface area contributed by atoms with Crippen molar-refractivity contribution in [2.45, 2.75) is 18.6 Å². The quantitative estimate of drug-likeness (QED) is 0.410. The molecule has 1 aromatic carbocycles. The number of para-hydroxylation sites is 1. The summed E-state index contributed by atoms with van der Waals surface area (Å²) in [5.74, 6) is 1.06. The van der Waals surface area contributed by atoms with Crippen molar-refractivity contribution in [1.29, 1.82) is 0 Å². The van der Waals surface area contributed by atoms with E-state index in [4.69, 9.17) is 8.83 Å². The summed E-state index contributed by atoms with van der Waals surface area (Å²) in [5, 5.41) is 9.16. The minimum atomic E-state index is 0.0160. The van der Waals surface area contributed by atoms with Gasteiger partial charge < -0.3 is 13.8 Å². The van der Waals surface area contributed by atoms with Crippen LogP contribution in [0.25, 0.3) is 22.6 Å². The summed E-state index contributed by atoms with van der Waals surface area (Å²) in [4.78, 5) is 15.8. The Morgan fingerprint density at radius 2 is 2.16 bits per heavy atom. The second-order valence-corrected chi connectivity index (χ2v) is 6.38. The van der Waals surface area contributed by atoms with Crippen LogP contribution in [0.5, 0.6) is 0 Å². The lowest BCUT2D eigenvalue weighted by atomic mass is 10.1. The molecule has 0 unspecified atom stereocenters. The van der Waals surface area contributed by atoms with Crippen LogP contribution in [0.3, 0.4) is 0 Å². The van der Waals surface area contributed by atoms with E-state index >= 15 is 0 Å². The van der Waals surface area contributed by atoms with Crippen molar-refractivity contribution in [2.24, 2.45) is 0 Å². The fourth-order valence-electron chi connectivity index (χ4n) is 2.72. The van der Waals surface area contributed by atoms with E-state index in [0.29, 0.717) is 22.4 Å². The molecule has 0 atom stereocenters. The number of aryl methyl sites for hydroxylation is 1. The number of nitrogens with zero attached hydrogens (tertiary/aromatic N) is 2. The Morgan fingerprint density at radius 1 is 1.24 bits per heavy atom. The molecule has 0 saturated carbocycles. The van der Waals surface area contributed by atoms with Crippen molar-refractivity contribution < 1.29 is 13.6 Å². The molecule has 0 radical (unpaired) electrons. The van der Waals surface area contributed by atoms with Crippen LogP contribution in [0.1, 0.15) is 22.8 Å². The monoisotopic (exact) mass is 353 g/mol. The molecule has 3 heterocycles. The smallest absolute Gasteiger partial charge is 0.284 e. The molecule has 0 aliphatic carbocycles. The predicted molar refractivity (Wildman–Crippen MR) is 94.7 cm³/mol. The standard InChI is InChI=1S/C18H15N3O3S/c1-2-11-5-3-6-12-13(9-19-16(11)12)14(22)10-25-18-21-20-17(24-18)15-7-4-8-23-15/h3-9,19H,2,10H2,1H3. The predicted octanol–water partition coefficient (Wildman–Crippen LogP) is 4.35. The van der Waals surface area contributed by atoms with Crippen LogP contribution in [0.4, 0.5) is 0 Å². The number of furan rings is 1. The number of hydrogen-bond acceptors (Lipinski definition) is 6. The number of benzene rings is 1. The Kier molecular flexibility index (Phi) is 4.15. The first kappa shape index (κ1) is 15.7. The van der Waals surface area contributed by atoms with Gasteiger partial charge in [-0.1, -0.05) is 36.9 Å². The van der Waals surface area contributed by atoms with E-state index in [9.17, 15) is 4.79 Å². The number of thioether (sulfide) groups is 1. The van der Waals surface area contributed by atoms with Gasteiger partial charge in [0.25, 0.3) is 11.1 Å². The minimum Gasteiger partial charge on any atom is -0.459 e. The number of hydrogen-bond donors (Lipinski definition) is 1. The molecule has 25 heavy (non-hydrogen) atoms. The number of Topliss-reactive ketones (excluding diaryl/α,β-unsaturated/α-hetero) is 1. The maximum Gasteiger partial charge on any atom is 0.284 e. The Balaban J connectivity index is 1.50. The third-order valence-corrected chi connectivity index (χ3v) is 4.77. The van der Waals surface area contributed by atoms with E-state index in [1.807, 2.05) is 12.1 Å². The fourth-order valence-corrected chi connectivity index (χ4v) is 3.36. The highest BCUT2D eigenvalue weighted by Gasteiger charge is 2.16. The number of carbonyl (C=O) groups excluding carboxylic acids is 1. The lowest BCUT2D eigenvalue weighted by Crippen LogP contribution is -2.01. The molecule has 7 heteroatoms. The van der Waals surface area contributed by atoms with E-state index in [2.05, 4.69) is 28.2 Å². The summed E-state index contributed by atoms with van der Waals surface area (Å²) in [6.07, 6.45) is 4.23. The maximum atomic E-state index is 12.6. The van der Waals surface area contributed by atoms with Gasteiger partial charge in [-0.2, -0.15) is 0 Å². The number of aromatic amines is 1. The van der Waals surface area contributed by atoms with Gasteiger partial charge in [0.2, 0.25) is 0 Å². The van der Waals surface area contributed by atoms with Crippen molar-refractivity contribution in [3.63, 3.8) is 0 Å². The molecule has 0 bridgehead atoms. The average Bonchev–Trinajstić information content (AvgIpc) is 3.38. The molecule has 1 N–H and O–H groups in total. The number of aromatic nitrogens is 3. The van der Waals surface area contributed by atoms with Gasteiger partial charge in [-0.3, -0.25) is 4.79 Å². The Bertz CT molecular complexity index is 1020. The molecule has 0 aliphatic rings. The zero-order valence-electron chi connectivity index (χ0n) is 13.5. The topological polar surface area (TPSA) is 84.9 Å². The van der Waals surface area contributed by atoms with Crippen molar-refractivity contribution in [2.75, 3.05) is 5.75 Å². The van der Waals surface area contributed by atoms with Gasteiger partial charge in [0.1, 0.15) is 0 Å². The van der Waals surface area contributed by atoms with Gasteiger partial charge in [0, 0.05) is 22.7 Å². The molecule has 6 nitrogen and oxygen atoms in total. The average molecular weight is 353 g/mol. The van der Waals surface area contributed by atoms with E-state index in [1.165, 1.54) is 23.6 Å². The summed E-state index contributed by atoms with van der Waals surface area (Å²) in [6.45, 7) is 2.10. The molecule has 0 spiro atoms. The maximum absolute atomic E-state index is 12.6. The molecule has 126 valence electrons. The van der Waals surface area contributed by atoms with Crippen molar-refractivity contribution >= 4 is 28.4 Å². The van der Waals surface area contributed by atoms with Gasteiger partial charge in [0.05, 0.1) is 12.0 Å². The molecule has 0 saturated heterocycles. The summed E-state index contributed by atoms with van der Waals surface area (Å²) < 4.78 is 10.7. The van der Waals surface area contributed by atoms with E-state index < -0.39 is 0 Å². The van der Waals surface area contributed by atoms with E-state index in [1.54, 1.807) is 18.3 Å². The third-order valence-electron chi connectivity index (χ3n) is 3.95. The van der Waals surface area contributed by atoms with Crippen LogP contribution >= 0.6 is 11.8 Å². The van der Waals surface area contributed by atoms with Crippen molar-refractivity contribution in [3.8, 4) is 11.7 Å². The highest BCUT2D eigenvalue weighted by Crippen LogP contribution is 2.26. The molecule has 3 aromatic heterocycles. The molecular formula is C18H15N3O3S. The molecule has 0 amide bonds. The van der Waals surface area contributed by atoms with Gasteiger partial charge in [-0.25, -0.2) is 0 Å². The Morgan fingerprint density at radius 3 is 2.96 bits per heavy atom. The van der Waals surface area contributed by atoms with Gasteiger partial charge in [0.15, 0.2) is 11.5 Å². The van der Waals surface area contributed by atoms with Crippen LogP contribution in [-0.4, -0.2) is 26.7 Å². The summed E-state index contributed by atoms with van der Waals surface area (Å²) in [7, 11) is 0. The second kappa shape index (κ2) is 6.60. The first-order valence-corrected chi connectivity index (χ1v) is 8.87. The van der Waals surface area contributed by atoms with Gasteiger partial charge in [-0.15, -0.1) is 10.2 Å². The minimum absolute atomic E-state index is 0.0160. The normalized spacial score (nSPS) is 11.2. The largest absolute Gasteiger partial charge is 0.459 e. The van der Waals surface area contributed by atoms with Crippen LogP contribution in [0.2, 0.25) is 0 Å². The van der Waals surface area contributed by atoms with Gasteiger partial charge >= 0.3 is 0 Å². The van der Waals surface area contributed by atoms with Crippen LogP contribution in [-0.2, 0) is 6.42 Å². The molecular weight excluding hydrogens is 338 g/mol. The van der Waals surface area contributed by atoms with Crippen molar-refractivity contribution in [3.05, 3.63) is 53.9 Å². The number of ketones is 1. The summed E-state index contributed by atoms with van der Waals surface area (Å²) in [5.41, 5.74) is 2.91. The molecule has 4 rings (SSSR count). The highest BCUT2D eigenvalue weighted by molar-refractivity contribution is 7.99. The first-order valence-electron chi connectivity index (χ1n) is 7.88. The molecule has 4 aromatic rings. The zero-order chi connectivity index (χ0) is 17.2. The zero-order valence-corrected chi connectivity index (χ0v) is 14.3. The number of nitrogens with one attached hydrogen (secondary N) is 1. The molecule has 0 aliphatic heterocycles. The van der Waals surface area contributed by atoms with Crippen molar-refractivity contribution in [1.82, 2.24) is 15.2 Å². The Hall–Kier alpha value is -2.80. The fraction of sp³-hybridized carbons (Fsp3) is 0.167. The van der Waals surface area contributed by atoms with E-state index in [0.717, 1.165) is 17.3 Å².